The highest BCUT2D eigenvalue weighted by Gasteiger charge is 2.20. The molecule has 0 radical (unpaired) electrons. The molecule has 0 saturated carbocycles. The van der Waals surface area contributed by atoms with Crippen LogP contribution >= 0.6 is 34.8 Å². The molecule has 2 atom stereocenters. The molecule has 0 aromatic heterocycles. The van der Waals surface area contributed by atoms with Crippen LogP contribution in [0.5, 0.6) is 0 Å². The van der Waals surface area contributed by atoms with E-state index in [0.29, 0.717) is 21.1 Å². The monoisotopic (exact) mass is 293 g/mol. The van der Waals surface area contributed by atoms with E-state index in [-0.39, 0.29) is 6.10 Å². The van der Waals surface area contributed by atoms with E-state index in [1.165, 1.54) is 0 Å². The number of hydrogen-bond acceptors (Lipinski definition) is 2. The van der Waals surface area contributed by atoms with Crippen LogP contribution in [0.3, 0.4) is 0 Å². The first-order chi connectivity index (χ1) is 8.06. The maximum absolute atomic E-state index is 6.13. The SMILES string of the molecule is CC1CC(Nc2c(Cl)cc(Cl)cc2Cl)CCO1. The zero-order chi connectivity index (χ0) is 12.4. The third-order valence-electron chi connectivity index (χ3n) is 2.84. The minimum atomic E-state index is 0.270. The van der Waals surface area contributed by atoms with Crippen molar-refractivity contribution in [3.05, 3.63) is 27.2 Å². The Balaban J connectivity index is 2.12. The third-order valence-corrected chi connectivity index (χ3v) is 3.65. The summed E-state index contributed by atoms with van der Waals surface area (Å²) in [4.78, 5) is 0. The maximum Gasteiger partial charge on any atom is 0.0722 e. The summed E-state index contributed by atoms with van der Waals surface area (Å²) < 4.78 is 5.50. The van der Waals surface area contributed by atoms with Gasteiger partial charge in [-0.1, -0.05) is 34.8 Å². The lowest BCUT2D eigenvalue weighted by molar-refractivity contribution is 0.0232. The van der Waals surface area contributed by atoms with Gasteiger partial charge in [-0.25, -0.2) is 0 Å². The maximum atomic E-state index is 6.13. The van der Waals surface area contributed by atoms with Gasteiger partial charge in [-0.3, -0.25) is 0 Å². The molecule has 0 aliphatic carbocycles. The molecule has 17 heavy (non-hydrogen) atoms. The summed E-state index contributed by atoms with van der Waals surface area (Å²) in [7, 11) is 0. The molecule has 1 aliphatic heterocycles. The first-order valence-electron chi connectivity index (χ1n) is 5.59. The largest absolute Gasteiger partial charge is 0.380 e. The predicted molar refractivity (Wildman–Crippen MR) is 73.5 cm³/mol. The normalized spacial score (nSPS) is 24.7. The highest BCUT2D eigenvalue weighted by molar-refractivity contribution is 6.41. The summed E-state index contributed by atoms with van der Waals surface area (Å²) in [5.74, 6) is 0. The van der Waals surface area contributed by atoms with Crippen LogP contribution in [0.4, 0.5) is 5.69 Å². The van der Waals surface area contributed by atoms with Gasteiger partial charge in [0, 0.05) is 17.7 Å². The molecule has 0 bridgehead atoms. The van der Waals surface area contributed by atoms with E-state index in [2.05, 4.69) is 12.2 Å². The minimum Gasteiger partial charge on any atom is -0.380 e. The Hall–Kier alpha value is -0.150. The summed E-state index contributed by atoms with van der Waals surface area (Å²) in [6.45, 7) is 2.83. The van der Waals surface area contributed by atoms with Crippen LogP contribution in [0.15, 0.2) is 12.1 Å². The Labute approximate surface area is 116 Å². The molecular weight excluding hydrogens is 280 g/mol. The summed E-state index contributed by atoms with van der Waals surface area (Å²) in [6.07, 6.45) is 2.18. The van der Waals surface area contributed by atoms with E-state index >= 15 is 0 Å². The molecule has 1 aliphatic rings. The Bertz CT molecular complexity index is 388. The van der Waals surface area contributed by atoms with Crippen molar-refractivity contribution in [2.75, 3.05) is 11.9 Å². The van der Waals surface area contributed by atoms with Gasteiger partial charge in [-0.15, -0.1) is 0 Å². The van der Waals surface area contributed by atoms with Crippen molar-refractivity contribution in [1.82, 2.24) is 0 Å². The van der Waals surface area contributed by atoms with Gasteiger partial charge >= 0.3 is 0 Å². The molecule has 2 nitrogen and oxygen atoms in total. The van der Waals surface area contributed by atoms with Crippen molar-refractivity contribution in [2.45, 2.75) is 31.9 Å². The van der Waals surface area contributed by atoms with Crippen LogP contribution in [0.1, 0.15) is 19.8 Å². The highest BCUT2D eigenvalue weighted by atomic mass is 35.5. The number of ether oxygens (including phenoxy) is 1. The van der Waals surface area contributed by atoms with Crippen LogP contribution in [0.2, 0.25) is 15.1 Å². The van der Waals surface area contributed by atoms with Gasteiger partial charge in [0.15, 0.2) is 0 Å². The molecule has 1 N–H and O–H groups in total. The molecule has 2 rings (SSSR count). The van der Waals surface area contributed by atoms with Crippen molar-refractivity contribution < 1.29 is 4.74 Å². The predicted octanol–water partition coefficient (Wildman–Crippen LogP) is 4.63. The van der Waals surface area contributed by atoms with Gasteiger partial charge in [0.25, 0.3) is 0 Å². The number of nitrogens with one attached hydrogen (secondary N) is 1. The molecule has 1 fully saturated rings. The van der Waals surface area contributed by atoms with E-state index in [1.54, 1.807) is 12.1 Å². The molecule has 1 saturated heterocycles. The Morgan fingerprint density at radius 2 is 1.88 bits per heavy atom. The summed E-state index contributed by atoms with van der Waals surface area (Å²) >= 11 is 18.1. The van der Waals surface area contributed by atoms with Crippen LogP contribution in [0, 0.1) is 0 Å². The average molecular weight is 295 g/mol. The zero-order valence-corrected chi connectivity index (χ0v) is 11.7. The number of halogens is 3. The summed E-state index contributed by atoms with van der Waals surface area (Å²) in [5.41, 5.74) is 0.761. The topological polar surface area (TPSA) is 21.3 Å². The molecule has 94 valence electrons. The fourth-order valence-corrected chi connectivity index (χ4v) is 2.94. The Kier molecular flexibility index (Phi) is 4.42. The fraction of sp³-hybridized carbons (Fsp3) is 0.500. The summed E-state index contributed by atoms with van der Waals surface area (Å²) in [6, 6.07) is 3.73. The molecule has 1 aromatic rings. The van der Waals surface area contributed by atoms with Gasteiger partial charge < -0.3 is 10.1 Å². The second-order valence-corrected chi connectivity index (χ2v) is 5.54. The number of rotatable bonds is 2. The first-order valence-corrected chi connectivity index (χ1v) is 6.72. The third kappa shape index (κ3) is 3.41. The Morgan fingerprint density at radius 3 is 2.47 bits per heavy atom. The molecule has 0 spiro atoms. The van der Waals surface area contributed by atoms with Gasteiger partial charge in [0.1, 0.15) is 0 Å². The molecule has 1 aromatic carbocycles. The standard InChI is InChI=1S/C12H14Cl3NO/c1-7-4-9(2-3-17-7)16-12-10(14)5-8(13)6-11(12)15/h5-7,9,16H,2-4H2,1H3. The van der Waals surface area contributed by atoms with Crippen molar-refractivity contribution in [3.63, 3.8) is 0 Å². The number of anilines is 1. The molecule has 2 unspecified atom stereocenters. The lowest BCUT2D eigenvalue weighted by Gasteiger charge is -2.29. The van der Waals surface area contributed by atoms with E-state index in [1.807, 2.05) is 0 Å². The smallest absolute Gasteiger partial charge is 0.0722 e. The van der Waals surface area contributed by atoms with Crippen molar-refractivity contribution in [2.24, 2.45) is 0 Å². The van der Waals surface area contributed by atoms with Crippen molar-refractivity contribution >= 4 is 40.5 Å². The molecular formula is C12H14Cl3NO. The quantitative estimate of drug-likeness (QED) is 0.859. The zero-order valence-electron chi connectivity index (χ0n) is 9.47. The van der Waals surface area contributed by atoms with E-state index in [9.17, 15) is 0 Å². The molecule has 0 amide bonds. The summed E-state index contributed by atoms with van der Waals surface area (Å²) in [5, 5.41) is 5.03. The van der Waals surface area contributed by atoms with E-state index < -0.39 is 0 Å². The lowest BCUT2D eigenvalue weighted by Crippen LogP contribution is -2.32. The lowest BCUT2D eigenvalue weighted by atomic mass is 10.0. The van der Waals surface area contributed by atoms with Crippen molar-refractivity contribution in [1.29, 1.82) is 0 Å². The second kappa shape index (κ2) is 5.66. The minimum absolute atomic E-state index is 0.270. The number of hydrogen-bond donors (Lipinski definition) is 1. The van der Waals surface area contributed by atoms with Crippen LogP contribution < -0.4 is 5.32 Å². The van der Waals surface area contributed by atoms with Gasteiger partial charge in [0.05, 0.1) is 21.8 Å². The van der Waals surface area contributed by atoms with Gasteiger partial charge in [-0.2, -0.15) is 0 Å². The van der Waals surface area contributed by atoms with Crippen LogP contribution in [-0.4, -0.2) is 18.8 Å². The highest BCUT2D eigenvalue weighted by Crippen LogP contribution is 2.35. The van der Waals surface area contributed by atoms with Crippen LogP contribution in [-0.2, 0) is 4.74 Å². The van der Waals surface area contributed by atoms with Crippen LogP contribution in [0.25, 0.3) is 0 Å². The first kappa shape index (κ1) is 13.3. The number of benzene rings is 1. The van der Waals surface area contributed by atoms with Gasteiger partial charge in [0.2, 0.25) is 0 Å². The average Bonchev–Trinajstić information content (AvgIpc) is 2.23. The van der Waals surface area contributed by atoms with E-state index in [0.717, 1.165) is 25.1 Å². The molecule has 5 heteroatoms. The van der Waals surface area contributed by atoms with Crippen molar-refractivity contribution in [3.8, 4) is 0 Å². The van der Waals surface area contributed by atoms with E-state index in [4.69, 9.17) is 39.5 Å². The van der Waals surface area contributed by atoms with Gasteiger partial charge in [-0.05, 0) is 31.9 Å². The fourth-order valence-electron chi connectivity index (χ4n) is 2.01. The second-order valence-electron chi connectivity index (χ2n) is 4.29. The Morgan fingerprint density at radius 1 is 1.24 bits per heavy atom. The molecule has 1 heterocycles.